The molecule has 0 radical (unpaired) electrons. The molecule has 154 valence electrons. The molecule has 0 bridgehead atoms. The number of nitrogens with zero attached hydrogens (tertiary/aromatic N) is 1. The normalized spacial score (nSPS) is 10.9. The van der Waals surface area contributed by atoms with Crippen LogP contribution in [0.25, 0.3) is 0 Å². The molecule has 6 heteroatoms. The quantitative estimate of drug-likeness (QED) is 0.312. The second-order valence-corrected chi connectivity index (χ2v) is 6.36. The number of halogens is 1. The molecule has 0 aliphatic carbocycles. The van der Waals surface area contributed by atoms with Crippen LogP contribution in [0.3, 0.4) is 0 Å². The fraction of sp³-hybridized carbons (Fsp3) is 0.409. The van der Waals surface area contributed by atoms with Crippen molar-refractivity contribution in [2.45, 2.75) is 33.4 Å². The first-order chi connectivity index (χ1) is 13.2. The Kier molecular flexibility index (Phi) is 11.6. The fourth-order valence-corrected chi connectivity index (χ4v) is 2.72. The highest BCUT2D eigenvalue weighted by molar-refractivity contribution is 14.0. The van der Waals surface area contributed by atoms with E-state index >= 15 is 0 Å². The molecule has 28 heavy (non-hydrogen) atoms. The second-order valence-electron chi connectivity index (χ2n) is 6.36. The van der Waals surface area contributed by atoms with E-state index in [4.69, 9.17) is 9.47 Å². The van der Waals surface area contributed by atoms with Crippen molar-refractivity contribution in [3.8, 4) is 5.75 Å². The number of aryl methyl sites for hydroxylation is 1. The Hall–Kier alpha value is -1.80. The van der Waals surface area contributed by atoms with Crippen LogP contribution in [0.2, 0.25) is 0 Å². The third kappa shape index (κ3) is 8.06. The summed E-state index contributed by atoms with van der Waals surface area (Å²) in [6, 6.07) is 14.8. The monoisotopic (exact) mass is 497 g/mol. The molecule has 0 aliphatic heterocycles. The summed E-state index contributed by atoms with van der Waals surface area (Å²) in [5.41, 5.74) is 4.79. The Balaban J connectivity index is 0.00000392. The molecule has 0 heterocycles. The summed E-state index contributed by atoms with van der Waals surface area (Å²) >= 11 is 0. The minimum Gasteiger partial charge on any atom is -0.496 e. The van der Waals surface area contributed by atoms with Crippen LogP contribution in [-0.4, -0.2) is 33.3 Å². The maximum atomic E-state index is 5.42. The zero-order chi connectivity index (χ0) is 19.5. The maximum absolute atomic E-state index is 5.42. The van der Waals surface area contributed by atoms with Gasteiger partial charge in [-0.3, -0.25) is 4.99 Å². The minimum absolute atomic E-state index is 0. The third-order valence-corrected chi connectivity index (χ3v) is 4.36. The molecule has 2 rings (SSSR count). The summed E-state index contributed by atoms with van der Waals surface area (Å²) in [5.74, 6) is 1.73. The van der Waals surface area contributed by atoms with Crippen LogP contribution >= 0.6 is 24.0 Å². The van der Waals surface area contributed by atoms with Crippen molar-refractivity contribution in [3.63, 3.8) is 0 Å². The van der Waals surface area contributed by atoms with Gasteiger partial charge in [-0.05, 0) is 48.6 Å². The smallest absolute Gasteiger partial charge is 0.191 e. The average molecular weight is 497 g/mol. The summed E-state index contributed by atoms with van der Waals surface area (Å²) in [5, 5.41) is 6.71. The first kappa shape index (κ1) is 24.2. The van der Waals surface area contributed by atoms with E-state index in [0.717, 1.165) is 43.4 Å². The summed E-state index contributed by atoms with van der Waals surface area (Å²) in [6.45, 7) is 6.99. The molecular weight excluding hydrogens is 465 g/mol. The molecule has 0 amide bonds. The van der Waals surface area contributed by atoms with Crippen molar-refractivity contribution >= 4 is 29.9 Å². The van der Waals surface area contributed by atoms with Gasteiger partial charge in [0.1, 0.15) is 5.75 Å². The number of guanidine groups is 1. The predicted octanol–water partition coefficient (Wildman–Crippen LogP) is 4.07. The van der Waals surface area contributed by atoms with Crippen LogP contribution < -0.4 is 15.4 Å². The summed E-state index contributed by atoms with van der Waals surface area (Å²) in [6.07, 6.45) is 0.906. The molecule has 0 atom stereocenters. The first-order valence-electron chi connectivity index (χ1n) is 9.39. The summed E-state index contributed by atoms with van der Waals surface area (Å²) in [4.78, 5) is 4.29. The lowest BCUT2D eigenvalue weighted by Gasteiger charge is -2.13. The van der Waals surface area contributed by atoms with Gasteiger partial charge in [-0.1, -0.05) is 36.4 Å². The highest BCUT2D eigenvalue weighted by Gasteiger charge is 2.02. The Bertz CT molecular complexity index is 733. The number of hydrogen-bond acceptors (Lipinski definition) is 3. The van der Waals surface area contributed by atoms with E-state index in [1.54, 1.807) is 14.2 Å². The SMILES string of the molecule is CCOCc1ccc(CNC(=NC)NCCc2ccc(C)c(OC)c2)cc1.I. The van der Waals surface area contributed by atoms with E-state index in [0.29, 0.717) is 6.61 Å². The van der Waals surface area contributed by atoms with E-state index in [2.05, 4.69) is 65.0 Å². The highest BCUT2D eigenvalue weighted by Crippen LogP contribution is 2.19. The molecule has 0 fully saturated rings. The Morgan fingerprint density at radius 2 is 1.68 bits per heavy atom. The van der Waals surface area contributed by atoms with Gasteiger partial charge in [0.25, 0.3) is 0 Å². The van der Waals surface area contributed by atoms with Gasteiger partial charge in [0.2, 0.25) is 0 Å². The molecule has 0 saturated carbocycles. The van der Waals surface area contributed by atoms with E-state index in [1.807, 2.05) is 6.92 Å². The number of rotatable bonds is 9. The Morgan fingerprint density at radius 3 is 2.32 bits per heavy atom. The van der Waals surface area contributed by atoms with Gasteiger partial charge in [-0.2, -0.15) is 0 Å². The van der Waals surface area contributed by atoms with Gasteiger partial charge in [0.15, 0.2) is 5.96 Å². The van der Waals surface area contributed by atoms with Crippen molar-refractivity contribution in [2.24, 2.45) is 4.99 Å². The van der Waals surface area contributed by atoms with Crippen molar-refractivity contribution in [3.05, 3.63) is 64.7 Å². The molecule has 2 N–H and O–H groups in total. The number of benzene rings is 2. The Labute approximate surface area is 186 Å². The molecule has 0 aromatic heterocycles. The molecular formula is C22H32IN3O2. The van der Waals surface area contributed by atoms with Crippen LogP contribution in [0.4, 0.5) is 0 Å². The standard InChI is InChI=1S/C22H31N3O2.HI/c1-5-27-16-20-10-8-19(9-11-20)15-25-22(23-3)24-13-12-18-7-6-17(2)21(14-18)26-4;/h6-11,14H,5,12-13,15-16H2,1-4H3,(H2,23,24,25);1H. The van der Waals surface area contributed by atoms with Crippen molar-refractivity contribution in [2.75, 3.05) is 27.3 Å². The fourth-order valence-electron chi connectivity index (χ4n) is 2.72. The molecule has 5 nitrogen and oxygen atoms in total. The summed E-state index contributed by atoms with van der Waals surface area (Å²) < 4.78 is 10.8. The van der Waals surface area contributed by atoms with Crippen LogP contribution in [0.5, 0.6) is 5.75 Å². The average Bonchev–Trinajstić information content (AvgIpc) is 2.70. The molecule has 0 unspecified atom stereocenters. The maximum Gasteiger partial charge on any atom is 0.191 e. The highest BCUT2D eigenvalue weighted by atomic mass is 127. The predicted molar refractivity (Wildman–Crippen MR) is 127 cm³/mol. The van der Waals surface area contributed by atoms with E-state index < -0.39 is 0 Å². The lowest BCUT2D eigenvalue weighted by atomic mass is 10.1. The largest absolute Gasteiger partial charge is 0.496 e. The van der Waals surface area contributed by atoms with Crippen LogP contribution in [0.15, 0.2) is 47.5 Å². The van der Waals surface area contributed by atoms with Crippen molar-refractivity contribution in [1.29, 1.82) is 0 Å². The first-order valence-corrected chi connectivity index (χ1v) is 9.39. The number of hydrogen-bond donors (Lipinski definition) is 2. The number of methoxy groups -OCH3 is 1. The van der Waals surface area contributed by atoms with Crippen LogP contribution in [0.1, 0.15) is 29.2 Å². The third-order valence-electron chi connectivity index (χ3n) is 4.36. The van der Waals surface area contributed by atoms with E-state index in [1.165, 1.54) is 16.7 Å². The van der Waals surface area contributed by atoms with Crippen LogP contribution in [-0.2, 0) is 24.3 Å². The van der Waals surface area contributed by atoms with E-state index in [-0.39, 0.29) is 24.0 Å². The molecule has 0 aliphatic rings. The van der Waals surface area contributed by atoms with Gasteiger partial charge >= 0.3 is 0 Å². The van der Waals surface area contributed by atoms with Gasteiger partial charge < -0.3 is 20.1 Å². The summed E-state index contributed by atoms with van der Waals surface area (Å²) in [7, 11) is 3.49. The number of nitrogens with one attached hydrogen (secondary N) is 2. The van der Waals surface area contributed by atoms with Gasteiger partial charge in [0, 0.05) is 26.7 Å². The molecule has 2 aromatic rings. The van der Waals surface area contributed by atoms with Crippen LogP contribution in [0, 0.1) is 6.92 Å². The topological polar surface area (TPSA) is 54.9 Å². The minimum atomic E-state index is 0. The van der Waals surface area contributed by atoms with Gasteiger partial charge in [-0.25, -0.2) is 0 Å². The van der Waals surface area contributed by atoms with Gasteiger partial charge in [-0.15, -0.1) is 24.0 Å². The molecule has 0 saturated heterocycles. The van der Waals surface area contributed by atoms with E-state index in [9.17, 15) is 0 Å². The zero-order valence-corrected chi connectivity index (χ0v) is 19.6. The number of ether oxygens (including phenoxy) is 2. The Morgan fingerprint density at radius 1 is 1.00 bits per heavy atom. The second kappa shape index (κ2) is 13.4. The van der Waals surface area contributed by atoms with Crippen molar-refractivity contribution in [1.82, 2.24) is 10.6 Å². The molecule has 0 spiro atoms. The zero-order valence-electron chi connectivity index (χ0n) is 17.2. The number of aliphatic imine (C=N–C) groups is 1. The van der Waals surface area contributed by atoms with Gasteiger partial charge in [0.05, 0.1) is 13.7 Å². The lowest BCUT2D eigenvalue weighted by Crippen LogP contribution is -2.37. The lowest BCUT2D eigenvalue weighted by molar-refractivity contribution is 0.134. The van der Waals surface area contributed by atoms with Crippen molar-refractivity contribution < 1.29 is 9.47 Å². The molecule has 2 aromatic carbocycles.